The lowest BCUT2D eigenvalue weighted by molar-refractivity contribution is 0.664. The Morgan fingerprint density at radius 1 is 0.667 bits per heavy atom. The van der Waals surface area contributed by atoms with Crippen LogP contribution in [0.4, 0.5) is 0 Å². The van der Waals surface area contributed by atoms with Gasteiger partial charge in [-0.3, -0.25) is 0 Å². The summed E-state index contributed by atoms with van der Waals surface area (Å²) in [4.78, 5) is 0. The Hall–Kier alpha value is -0.520. The molecule has 0 bridgehead atoms. The normalized spacial score (nSPS) is 24.7. The summed E-state index contributed by atoms with van der Waals surface area (Å²) in [6, 6.07) is 0. The maximum atomic E-state index is 2.47. The van der Waals surface area contributed by atoms with E-state index in [1.807, 2.05) is 0 Å². The topological polar surface area (TPSA) is 0 Å². The highest BCUT2D eigenvalue weighted by Crippen LogP contribution is 2.30. The average molecular weight is 162 g/mol. The van der Waals surface area contributed by atoms with Crippen molar-refractivity contribution in [1.29, 1.82) is 0 Å². The second-order valence-electron chi connectivity index (χ2n) is 3.95. The lowest BCUT2D eigenvalue weighted by Gasteiger charge is -2.19. The van der Waals surface area contributed by atoms with Crippen LogP contribution >= 0.6 is 0 Å². The smallest absolute Gasteiger partial charge is 0.0279 e. The van der Waals surface area contributed by atoms with E-state index in [-0.39, 0.29) is 0 Å². The molecule has 0 spiro atoms. The molecule has 0 atom stereocenters. The summed E-state index contributed by atoms with van der Waals surface area (Å²) < 4.78 is 0. The van der Waals surface area contributed by atoms with Crippen LogP contribution < -0.4 is 0 Å². The lowest BCUT2D eigenvalue weighted by atomic mass is 9.87. The van der Waals surface area contributed by atoms with Gasteiger partial charge in [-0.25, -0.2) is 0 Å². The van der Waals surface area contributed by atoms with Gasteiger partial charge < -0.3 is 0 Å². The molecular formula is C12H18. The molecule has 0 nitrogen and oxygen atoms in total. The van der Waals surface area contributed by atoms with Gasteiger partial charge in [-0.05, 0) is 62.5 Å². The van der Waals surface area contributed by atoms with Crippen molar-refractivity contribution < 1.29 is 0 Å². The molecule has 0 radical (unpaired) electrons. The van der Waals surface area contributed by atoms with E-state index in [0.717, 1.165) is 0 Å². The van der Waals surface area contributed by atoms with Gasteiger partial charge in [-0.15, -0.1) is 0 Å². The Morgan fingerprint density at radius 3 is 1.50 bits per heavy atom. The van der Waals surface area contributed by atoms with Crippen LogP contribution in [0.15, 0.2) is 23.3 Å². The maximum absolute atomic E-state index is 2.47. The van der Waals surface area contributed by atoms with Crippen LogP contribution in [0.5, 0.6) is 0 Å². The fraction of sp³-hybridized carbons (Fsp3) is 0.667. The number of hydrogen-bond donors (Lipinski definition) is 0. The third kappa shape index (κ3) is 1.80. The van der Waals surface area contributed by atoms with E-state index in [0.29, 0.717) is 0 Å². The molecule has 0 N–H and O–H groups in total. The SMILES string of the molecule is C1=C(C2=CCCCC2)CCCC1. The molecule has 12 heavy (non-hydrogen) atoms. The van der Waals surface area contributed by atoms with Gasteiger partial charge in [0, 0.05) is 0 Å². The zero-order valence-corrected chi connectivity index (χ0v) is 7.81. The molecule has 66 valence electrons. The largest absolute Gasteiger partial charge is 0.0811 e. The molecule has 0 saturated heterocycles. The van der Waals surface area contributed by atoms with Gasteiger partial charge in [0.25, 0.3) is 0 Å². The predicted molar refractivity (Wildman–Crippen MR) is 53.1 cm³/mol. The van der Waals surface area contributed by atoms with E-state index in [4.69, 9.17) is 0 Å². The average Bonchev–Trinajstić information content (AvgIpc) is 2.21. The first kappa shape index (κ1) is 8.10. The molecule has 0 amide bonds. The summed E-state index contributed by atoms with van der Waals surface area (Å²) >= 11 is 0. The number of allylic oxidation sites excluding steroid dienone is 4. The molecule has 2 rings (SSSR count). The minimum Gasteiger partial charge on any atom is -0.0811 e. The van der Waals surface area contributed by atoms with Crippen molar-refractivity contribution in [2.45, 2.75) is 51.4 Å². The number of hydrogen-bond acceptors (Lipinski definition) is 0. The van der Waals surface area contributed by atoms with Crippen LogP contribution in [-0.2, 0) is 0 Å². The van der Waals surface area contributed by atoms with Gasteiger partial charge in [-0.1, -0.05) is 12.2 Å². The fourth-order valence-electron chi connectivity index (χ4n) is 2.26. The summed E-state index contributed by atoms with van der Waals surface area (Å²) in [6.45, 7) is 0. The van der Waals surface area contributed by atoms with E-state index in [1.165, 1.54) is 51.4 Å². The summed E-state index contributed by atoms with van der Waals surface area (Å²) in [7, 11) is 0. The quantitative estimate of drug-likeness (QED) is 0.547. The molecule has 0 heterocycles. The van der Waals surface area contributed by atoms with Gasteiger partial charge in [-0.2, -0.15) is 0 Å². The molecule has 0 aromatic carbocycles. The van der Waals surface area contributed by atoms with Crippen LogP contribution in [0.1, 0.15) is 51.4 Å². The van der Waals surface area contributed by atoms with Crippen LogP contribution in [0, 0.1) is 0 Å². The van der Waals surface area contributed by atoms with Gasteiger partial charge >= 0.3 is 0 Å². The molecule has 0 fully saturated rings. The third-order valence-corrected chi connectivity index (χ3v) is 2.99. The standard InChI is InChI=1S/C12H18/c1-3-7-11(8-4-1)12-9-5-2-6-10-12/h7,9H,1-6,8,10H2. The molecule has 0 aromatic heterocycles. The Bertz CT molecular complexity index is 184. The first-order valence-electron chi connectivity index (χ1n) is 5.35. The van der Waals surface area contributed by atoms with Crippen molar-refractivity contribution in [3.8, 4) is 0 Å². The molecule has 2 aliphatic rings. The second kappa shape index (κ2) is 3.93. The van der Waals surface area contributed by atoms with Crippen LogP contribution in [0.25, 0.3) is 0 Å². The summed E-state index contributed by atoms with van der Waals surface area (Å²) in [5.74, 6) is 0. The molecule has 0 unspecified atom stereocenters. The van der Waals surface area contributed by atoms with Crippen molar-refractivity contribution in [3.05, 3.63) is 23.3 Å². The Labute approximate surface area is 75.4 Å². The lowest BCUT2D eigenvalue weighted by Crippen LogP contribution is -1.99. The summed E-state index contributed by atoms with van der Waals surface area (Å²) in [6.07, 6.45) is 16.0. The zero-order valence-electron chi connectivity index (χ0n) is 7.81. The highest BCUT2D eigenvalue weighted by Gasteiger charge is 2.10. The van der Waals surface area contributed by atoms with Gasteiger partial charge in [0.05, 0.1) is 0 Å². The highest BCUT2D eigenvalue weighted by molar-refractivity contribution is 5.32. The Balaban J connectivity index is 2.06. The number of rotatable bonds is 1. The third-order valence-electron chi connectivity index (χ3n) is 2.99. The van der Waals surface area contributed by atoms with Crippen LogP contribution in [0.3, 0.4) is 0 Å². The van der Waals surface area contributed by atoms with Crippen LogP contribution in [0.2, 0.25) is 0 Å². The molecule has 2 aliphatic carbocycles. The summed E-state index contributed by atoms with van der Waals surface area (Å²) in [5.41, 5.74) is 3.36. The molecule has 0 aromatic rings. The van der Waals surface area contributed by atoms with Gasteiger partial charge in [0.15, 0.2) is 0 Å². The first-order chi connectivity index (χ1) is 5.97. The molecular weight excluding hydrogens is 144 g/mol. The van der Waals surface area contributed by atoms with Gasteiger partial charge in [0.1, 0.15) is 0 Å². The van der Waals surface area contributed by atoms with E-state index < -0.39 is 0 Å². The Morgan fingerprint density at radius 2 is 1.17 bits per heavy atom. The van der Waals surface area contributed by atoms with E-state index >= 15 is 0 Å². The second-order valence-corrected chi connectivity index (χ2v) is 3.95. The van der Waals surface area contributed by atoms with Crippen molar-refractivity contribution in [3.63, 3.8) is 0 Å². The predicted octanol–water partition coefficient (Wildman–Crippen LogP) is 3.99. The van der Waals surface area contributed by atoms with Crippen molar-refractivity contribution in [2.24, 2.45) is 0 Å². The van der Waals surface area contributed by atoms with E-state index in [9.17, 15) is 0 Å². The zero-order chi connectivity index (χ0) is 8.23. The maximum Gasteiger partial charge on any atom is -0.0279 e. The minimum atomic E-state index is 1.33. The summed E-state index contributed by atoms with van der Waals surface area (Å²) in [5, 5.41) is 0. The van der Waals surface area contributed by atoms with Crippen LogP contribution in [-0.4, -0.2) is 0 Å². The van der Waals surface area contributed by atoms with Crippen molar-refractivity contribution in [1.82, 2.24) is 0 Å². The first-order valence-corrected chi connectivity index (χ1v) is 5.35. The minimum absolute atomic E-state index is 1.33. The fourth-order valence-corrected chi connectivity index (χ4v) is 2.26. The molecule has 0 heteroatoms. The van der Waals surface area contributed by atoms with E-state index in [1.54, 1.807) is 11.1 Å². The van der Waals surface area contributed by atoms with E-state index in [2.05, 4.69) is 12.2 Å². The highest BCUT2D eigenvalue weighted by atomic mass is 14.2. The van der Waals surface area contributed by atoms with Gasteiger partial charge in [0.2, 0.25) is 0 Å². The molecule has 0 aliphatic heterocycles. The van der Waals surface area contributed by atoms with Crippen molar-refractivity contribution in [2.75, 3.05) is 0 Å². The molecule has 0 saturated carbocycles. The Kier molecular flexibility index (Phi) is 2.65. The van der Waals surface area contributed by atoms with Crippen molar-refractivity contribution >= 4 is 0 Å². The monoisotopic (exact) mass is 162 g/mol.